The standard InChI is InChI=1S/C17H18BrN3O/c18-14-5-4-8-16(13-14)20-9-11-21(12-10-20)17(22)19-15-6-2-1-3-7-15/h1-8,13H,9-12H2,(H,19,22). The Bertz CT molecular complexity index is 639. The number of nitrogens with zero attached hydrogens (tertiary/aromatic N) is 2. The maximum Gasteiger partial charge on any atom is 0.321 e. The van der Waals surface area contributed by atoms with E-state index in [1.807, 2.05) is 47.4 Å². The molecular weight excluding hydrogens is 342 g/mol. The molecule has 1 aliphatic rings. The van der Waals surface area contributed by atoms with Gasteiger partial charge in [-0.1, -0.05) is 40.2 Å². The number of hydrogen-bond donors (Lipinski definition) is 1. The summed E-state index contributed by atoms with van der Waals surface area (Å²) in [4.78, 5) is 16.4. The first-order valence-electron chi connectivity index (χ1n) is 7.34. The van der Waals surface area contributed by atoms with E-state index in [1.165, 1.54) is 5.69 Å². The Morgan fingerprint density at radius 1 is 0.955 bits per heavy atom. The van der Waals surface area contributed by atoms with Crippen molar-refractivity contribution in [1.82, 2.24) is 4.90 Å². The zero-order chi connectivity index (χ0) is 15.4. The molecule has 114 valence electrons. The van der Waals surface area contributed by atoms with Gasteiger partial charge in [-0.15, -0.1) is 0 Å². The summed E-state index contributed by atoms with van der Waals surface area (Å²) in [5.41, 5.74) is 2.03. The Labute approximate surface area is 138 Å². The van der Waals surface area contributed by atoms with Crippen LogP contribution in [-0.4, -0.2) is 37.1 Å². The maximum absolute atomic E-state index is 12.3. The molecule has 22 heavy (non-hydrogen) atoms. The molecule has 0 spiro atoms. The zero-order valence-electron chi connectivity index (χ0n) is 12.2. The van der Waals surface area contributed by atoms with Crippen molar-refractivity contribution in [3.63, 3.8) is 0 Å². The van der Waals surface area contributed by atoms with Gasteiger partial charge >= 0.3 is 6.03 Å². The molecule has 0 saturated carbocycles. The lowest BCUT2D eigenvalue weighted by Crippen LogP contribution is -2.50. The van der Waals surface area contributed by atoms with Crippen molar-refractivity contribution in [2.24, 2.45) is 0 Å². The minimum atomic E-state index is -0.0277. The molecule has 0 bridgehead atoms. The second-order valence-electron chi connectivity index (χ2n) is 5.25. The van der Waals surface area contributed by atoms with Gasteiger partial charge in [-0.05, 0) is 30.3 Å². The number of carbonyl (C=O) groups is 1. The van der Waals surface area contributed by atoms with Crippen molar-refractivity contribution in [2.75, 3.05) is 36.4 Å². The second-order valence-corrected chi connectivity index (χ2v) is 6.17. The fraction of sp³-hybridized carbons (Fsp3) is 0.235. The van der Waals surface area contributed by atoms with Crippen LogP contribution in [0.1, 0.15) is 0 Å². The van der Waals surface area contributed by atoms with Crippen LogP contribution in [0.2, 0.25) is 0 Å². The van der Waals surface area contributed by atoms with E-state index >= 15 is 0 Å². The number of anilines is 2. The molecule has 0 unspecified atom stereocenters. The molecule has 2 amide bonds. The molecule has 0 radical (unpaired) electrons. The van der Waals surface area contributed by atoms with Gasteiger partial charge in [0, 0.05) is 42.0 Å². The number of urea groups is 1. The highest BCUT2D eigenvalue weighted by molar-refractivity contribution is 9.10. The summed E-state index contributed by atoms with van der Waals surface area (Å²) in [6, 6.07) is 17.8. The molecule has 4 nitrogen and oxygen atoms in total. The van der Waals surface area contributed by atoms with Crippen molar-refractivity contribution >= 4 is 33.3 Å². The predicted molar refractivity (Wildman–Crippen MR) is 93.4 cm³/mol. The Kier molecular flexibility index (Phi) is 4.63. The third-order valence-electron chi connectivity index (χ3n) is 3.77. The number of carbonyl (C=O) groups excluding carboxylic acids is 1. The highest BCUT2D eigenvalue weighted by Gasteiger charge is 2.21. The molecule has 2 aromatic carbocycles. The Hall–Kier alpha value is -2.01. The van der Waals surface area contributed by atoms with Crippen molar-refractivity contribution in [1.29, 1.82) is 0 Å². The third-order valence-corrected chi connectivity index (χ3v) is 4.26. The first-order valence-corrected chi connectivity index (χ1v) is 8.13. The molecule has 2 aromatic rings. The summed E-state index contributed by atoms with van der Waals surface area (Å²) in [6.45, 7) is 3.15. The van der Waals surface area contributed by atoms with E-state index in [1.54, 1.807) is 0 Å². The minimum Gasteiger partial charge on any atom is -0.368 e. The van der Waals surface area contributed by atoms with Gasteiger partial charge in [-0.2, -0.15) is 0 Å². The summed E-state index contributed by atoms with van der Waals surface area (Å²) in [6.07, 6.45) is 0. The van der Waals surface area contributed by atoms with Crippen LogP contribution in [-0.2, 0) is 0 Å². The lowest BCUT2D eigenvalue weighted by molar-refractivity contribution is 0.208. The molecule has 0 atom stereocenters. The van der Waals surface area contributed by atoms with E-state index in [4.69, 9.17) is 0 Å². The molecule has 1 saturated heterocycles. The van der Waals surface area contributed by atoms with Gasteiger partial charge in [0.2, 0.25) is 0 Å². The summed E-state index contributed by atoms with van der Waals surface area (Å²) < 4.78 is 1.08. The molecule has 5 heteroatoms. The van der Waals surface area contributed by atoms with E-state index in [-0.39, 0.29) is 6.03 Å². The van der Waals surface area contributed by atoms with Crippen LogP contribution in [0.15, 0.2) is 59.1 Å². The van der Waals surface area contributed by atoms with Gasteiger partial charge in [0.1, 0.15) is 0 Å². The number of halogens is 1. The summed E-state index contributed by atoms with van der Waals surface area (Å²) in [5.74, 6) is 0. The zero-order valence-corrected chi connectivity index (χ0v) is 13.8. The summed E-state index contributed by atoms with van der Waals surface area (Å²) in [7, 11) is 0. The molecule has 1 aliphatic heterocycles. The number of para-hydroxylation sites is 1. The van der Waals surface area contributed by atoms with Crippen molar-refractivity contribution in [2.45, 2.75) is 0 Å². The molecule has 0 aliphatic carbocycles. The molecular formula is C17H18BrN3O. The van der Waals surface area contributed by atoms with Crippen LogP contribution in [0.3, 0.4) is 0 Å². The average molecular weight is 360 g/mol. The maximum atomic E-state index is 12.3. The van der Waals surface area contributed by atoms with E-state index in [9.17, 15) is 4.79 Å². The van der Waals surface area contributed by atoms with E-state index in [2.05, 4.69) is 38.3 Å². The molecule has 0 aromatic heterocycles. The lowest BCUT2D eigenvalue weighted by Gasteiger charge is -2.36. The predicted octanol–water partition coefficient (Wildman–Crippen LogP) is 3.80. The Balaban J connectivity index is 1.56. The quantitative estimate of drug-likeness (QED) is 0.884. The molecule has 3 rings (SSSR count). The van der Waals surface area contributed by atoms with Crippen molar-refractivity contribution in [3.05, 3.63) is 59.1 Å². The number of piperazine rings is 1. The first-order chi connectivity index (χ1) is 10.7. The number of hydrogen-bond acceptors (Lipinski definition) is 2. The fourth-order valence-electron chi connectivity index (χ4n) is 2.56. The Morgan fingerprint density at radius 2 is 1.68 bits per heavy atom. The lowest BCUT2D eigenvalue weighted by atomic mass is 10.2. The third kappa shape index (κ3) is 3.60. The smallest absolute Gasteiger partial charge is 0.321 e. The van der Waals surface area contributed by atoms with Crippen molar-refractivity contribution in [3.8, 4) is 0 Å². The van der Waals surface area contributed by atoms with E-state index in [0.717, 1.165) is 36.3 Å². The van der Waals surface area contributed by atoms with Crippen LogP contribution >= 0.6 is 15.9 Å². The minimum absolute atomic E-state index is 0.0277. The van der Waals surface area contributed by atoms with Gasteiger partial charge in [0.05, 0.1) is 0 Å². The first kappa shape index (κ1) is 14.9. The summed E-state index contributed by atoms with van der Waals surface area (Å²) in [5, 5.41) is 2.94. The normalized spacial score (nSPS) is 14.8. The van der Waals surface area contributed by atoms with E-state index < -0.39 is 0 Å². The van der Waals surface area contributed by atoms with Crippen LogP contribution < -0.4 is 10.2 Å². The van der Waals surface area contributed by atoms with Gasteiger partial charge in [0.25, 0.3) is 0 Å². The van der Waals surface area contributed by atoms with Crippen molar-refractivity contribution < 1.29 is 4.79 Å². The monoisotopic (exact) mass is 359 g/mol. The van der Waals surface area contributed by atoms with Crippen LogP contribution in [0.25, 0.3) is 0 Å². The molecule has 1 fully saturated rings. The van der Waals surface area contributed by atoms with Gasteiger partial charge in [-0.25, -0.2) is 4.79 Å². The van der Waals surface area contributed by atoms with Gasteiger partial charge < -0.3 is 15.1 Å². The highest BCUT2D eigenvalue weighted by atomic mass is 79.9. The topological polar surface area (TPSA) is 35.6 Å². The van der Waals surface area contributed by atoms with Crippen LogP contribution in [0.4, 0.5) is 16.2 Å². The van der Waals surface area contributed by atoms with E-state index in [0.29, 0.717) is 0 Å². The number of amides is 2. The van der Waals surface area contributed by atoms with Gasteiger partial charge in [-0.3, -0.25) is 0 Å². The largest absolute Gasteiger partial charge is 0.368 e. The second kappa shape index (κ2) is 6.83. The van der Waals surface area contributed by atoms with Crippen LogP contribution in [0, 0.1) is 0 Å². The number of nitrogens with one attached hydrogen (secondary N) is 1. The molecule has 1 N–H and O–H groups in total. The molecule has 1 heterocycles. The number of benzene rings is 2. The SMILES string of the molecule is O=C(Nc1ccccc1)N1CCN(c2cccc(Br)c2)CC1. The van der Waals surface area contributed by atoms with Gasteiger partial charge in [0.15, 0.2) is 0 Å². The average Bonchev–Trinajstić information content (AvgIpc) is 2.56. The fourth-order valence-corrected chi connectivity index (χ4v) is 2.95. The van der Waals surface area contributed by atoms with Crippen LogP contribution in [0.5, 0.6) is 0 Å². The Morgan fingerprint density at radius 3 is 2.36 bits per heavy atom. The highest BCUT2D eigenvalue weighted by Crippen LogP contribution is 2.21. The number of rotatable bonds is 2. The summed E-state index contributed by atoms with van der Waals surface area (Å²) >= 11 is 3.50.